The zero-order valence-corrected chi connectivity index (χ0v) is 13.2. The van der Waals surface area contributed by atoms with E-state index in [9.17, 15) is 4.79 Å². The Balaban J connectivity index is 2.41. The van der Waals surface area contributed by atoms with E-state index in [1.165, 1.54) is 11.3 Å². The zero-order valence-electron chi connectivity index (χ0n) is 10.8. The van der Waals surface area contributed by atoms with Crippen molar-refractivity contribution in [2.75, 3.05) is 14.2 Å². The molecule has 1 aromatic heterocycles. The summed E-state index contributed by atoms with van der Waals surface area (Å²) in [4.78, 5) is 15.0. The van der Waals surface area contributed by atoms with E-state index in [1.807, 2.05) is 6.07 Å². The number of methoxy groups -OCH3 is 2. The summed E-state index contributed by atoms with van der Waals surface area (Å²) >= 11 is 4.85. The summed E-state index contributed by atoms with van der Waals surface area (Å²) in [7, 11) is 3.13. The van der Waals surface area contributed by atoms with Gasteiger partial charge in [0.2, 0.25) is 0 Å². The molecule has 0 spiro atoms. The van der Waals surface area contributed by atoms with E-state index in [4.69, 9.17) is 14.6 Å². The molecule has 1 heterocycles. The molecule has 2 aromatic rings. The third-order valence-corrected chi connectivity index (χ3v) is 4.17. The summed E-state index contributed by atoms with van der Waals surface area (Å²) in [6.07, 6.45) is -0.0819. The van der Waals surface area contributed by atoms with Crippen LogP contribution < -0.4 is 9.47 Å². The van der Waals surface area contributed by atoms with Crippen LogP contribution in [0.25, 0.3) is 10.6 Å². The van der Waals surface area contributed by atoms with Crippen molar-refractivity contribution in [3.63, 3.8) is 0 Å². The van der Waals surface area contributed by atoms with Crippen LogP contribution in [0.5, 0.6) is 11.5 Å². The molecule has 7 heteroatoms. The van der Waals surface area contributed by atoms with Crippen molar-refractivity contribution in [3.05, 3.63) is 27.7 Å². The molecule has 0 fully saturated rings. The molecule has 0 bridgehead atoms. The van der Waals surface area contributed by atoms with Gasteiger partial charge in [-0.05, 0) is 28.1 Å². The Morgan fingerprint density at radius 2 is 2.00 bits per heavy atom. The summed E-state index contributed by atoms with van der Waals surface area (Å²) in [5, 5.41) is 11.2. The van der Waals surface area contributed by atoms with Crippen molar-refractivity contribution >= 4 is 33.2 Å². The van der Waals surface area contributed by atoms with Crippen LogP contribution in [0.4, 0.5) is 0 Å². The number of thiazole rings is 1. The average Bonchev–Trinajstić information content (AvgIpc) is 2.85. The number of aliphatic carboxylic acids is 1. The number of hydrogen-bond acceptors (Lipinski definition) is 5. The minimum absolute atomic E-state index is 0.0819. The minimum atomic E-state index is -0.895. The number of hydrogen-bond donors (Lipinski definition) is 1. The molecule has 0 unspecified atom stereocenters. The third-order valence-electron chi connectivity index (χ3n) is 2.59. The van der Waals surface area contributed by atoms with Crippen molar-refractivity contribution in [2.24, 2.45) is 0 Å². The fourth-order valence-electron chi connectivity index (χ4n) is 1.68. The largest absolute Gasteiger partial charge is 0.493 e. The van der Waals surface area contributed by atoms with Crippen molar-refractivity contribution < 1.29 is 19.4 Å². The fraction of sp³-hybridized carbons (Fsp3) is 0.231. The lowest BCUT2D eigenvalue weighted by molar-refractivity contribution is -0.136. The number of benzene rings is 1. The molecule has 2 rings (SSSR count). The maximum atomic E-state index is 10.7. The Morgan fingerprint density at radius 1 is 1.35 bits per heavy atom. The van der Waals surface area contributed by atoms with Crippen LogP contribution in [0.1, 0.15) is 5.69 Å². The van der Waals surface area contributed by atoms with E-state index >= 15 is 0 Å². The molecule has 106 valence electrons. The Labute approximate surface area is 128 Å². The molecule has 0 aliphatic rings. The molecule has 1 aromatic carbocycles. The second-order valence-corrected chi connectivity index (χ2v) is 5.61. The number of aromatic nitrogens is 1. The number of nitrogens with zero attached hydrogens (tertiary/aromatic N) is 1. The van der Waals surface area contributed by atoms with Gasteiger partial charge >= 0.3 is 5.97 Å². The second-order valence-electron chi connectivity index (χ2n) is 3.90. The molecule has 1 N–H and O–H groups in total. The average molecular weight is 358 g/mol. The Kier molecular flexibility index (Phi) is 4.61. The van der Waals surface area contributed by atoms with E-state index in [0.717, 1.165) is 15.0 Å². The van der Waals surface area contributed by atoms with Gasteiger partial charge in [-0.15, -0.1) is 11.3 Å². The zero-order chi connectivity index (χ0) is 14.7. The van der Waals surface area contributed by atoms with Crippen LogP contribution >= 0.6 is 27.3 Å². The molecular formula is C13H12BrNO4S. The predicted octanol–water partition coefficient (Wildman–Crippen LogP) is 3.22. The Morgan fingerprint density at radius 3 is 2.60 bits per heavy atom. The highest BCUT2D eigenvalue weighted by molar-refractivity contribution is 9.10. The maximum absolute atomic E-state index is 10.7. The van der Waals surface area contributed by atoms with Gasteiger partial charge in [-0.1, -0.05) is 0 Å². The summed E-state index contributed by atoms with van der Waals surface area (Å²) in [6.45, 7) is 0. The molecule has 20 heavy (non-hydrogen) atoms. The van der Waals surface area contributed by atoms with E-state index in [0.29, 0.717) is 17.2 Å². The number of carboxylic acid groups (broad SMARTS) is 1. The SMILES string of the molecule is COc1cc(Br)c(-c2nc(CC(=O)O)cs2)cc1OC. The highest BCUT2D eigenvalue weighted by Gasteiger charge is 2.14. The van der Waals surface area contributed by atoms with Gasteiger partial charge in [-0.25, -0.2) is 4.98 Å². The van der Waals surface area contributed by atoms with Crippen LogP contribution in [0.2, 0.25) is 0 Å². The van der Waals surface area contributed by atoms with Crippen molar-refractivity contribution in [2.45, 2.75) is 6.42 Å². The van der Waals surface area contributed by atoms with Crippen molar-refractivity contribution in [1.82, 2.24) is 4.98 Å². The molecule has 0 aliphatic carbocycles. The highest BCUT2D eigenvalue weighted by atomic mass is 79.9. The Bertz CT molecular complexity index is 641. The van der Waals surface area contributed by atoms with Gasteiger partial charge in [0.25, 0.3) is 0 Å². The first-order valence-corrected chi connectivity index (χ1v) is 7.30. The molecule has 0 atom stereocenters. The Hall–Kier alpha value is -1.60. The topological polar surface area (TPSA) is 68.7 Å². The van der Waals surface area contributed by atoms with Crippen molar-refractivity contribution in [1.29, 1.82) is 0 Å². The summed E-state index contributed by atoms with van der Waals surface area (Å²) in [5.41, 5.74) is 1.38. The highest BCUT2D eigenvalue weighted by Crippen LogP contribution is 2.39. The van der Waals surface area contributed by atoms with E-state index in [-0.39, 0.29) is 6.42 Å². The second kappa shape index (κ2) is 6.23. The van der Waals surface area contributed by atoms with E-state index in [2.05, 4.69) is 20.9 Å². The standard InChI is InChI=1S/C13H12BrNO4S/c1-18-10-4-8(9(14)5-11(10)19-2)13-15-7(6-20-13)3-12(16)17/h4-6H,3H2,1-2H3,(H,16,17). The first-order chi connectivity index (χ1) is 9.55. The quantitative estimate of drug-likeness (QED) is 0.889. The third kappa shape index (κ3) is 3.10. The smallest absolute Gasteiger partial charge is 0.309 e. The van der Waals surface area contributed by atoms with Crippen molar-refractivity contribution in [3.8, 4) is 22.1 Å². The summed E-state index contributed by atoms with van der Waals surface area (Å²) in [6, 6.07) is 3.61. The van der Waals surface area contributed by atoms with E-state index < -0.39 is 5.97 Å². The molecule has 0 saturated heterocycles. The minimum Gasteiger partial charge on any atom is -0.493 e. The van der Waals surface area contributed by atoms with Gasteiger partial charge in [-0.3, -0.25) is 4.79 Å². The molecule has 0 radical (unpaired) electrons. The van der Waals surface area contributed by atoms with Crippen LogP contribution in [-0.4, -0.2) is 30.3 Å². The molecule has 5 nitrogen and oxygen atoms in total. The van der Waals surface area contributed by atoms with Crippen LogP contribution in [0.15, 0.2) is 22.0 Å². The number of ether oxygens (including phenoxy) is 2. The van der Waals surface area contributed by atoms with E-state index in [1.54, 1.807) is 25.7 Å². The van der Waals surface area contributed by atoms with Gasteiger partial charge in [0.15, 0.2) is 11.5 Å². The monoisotopic (exact) mass is 357 g/mol. The maximum Gasteiger partial charge on any atom is 0.309 e. The number of carbonyl (C=O) groups is 1. The summed E-state index contributed by atoms with van der Waals surface area (Å²) in [5.74, 6) is 0.319. The predicted molar refractivity (Wildman–Crippen MR) is 79.7 cm³/mol. The number of carboxylic acids is 1. The van der Waals surface area contributed by atoms with Crippen LogP contribution in [0.3, 0.4) is 0 Å². The lowest BCUT2D eigenvalue weighted by Gasteiger charge is -2.10. The first kappa shape index (κ1) is 14.8. The molecule has 0 aliphatic heterocycles. The summed E-state index contributed by atoms with van der Waals surface area (Å²) < 4.78 is 11.3. The number of rotatable bonds is 5. The molecular weight excluding hydrogens is 346 g/mol. The first-order valence-electron chi connectivity index (χ1n) is 5.63. The van der Waals surface area contributed by atoms with Gasteiger partial charge in [0.05, 0.1) is 26.3 Å². The lowest BCUT2D eigenvalue weighted by atomic mass is 10.2. The molecule has 0 amide bonds. The van der Waals surface area contributed by atoms with Crippen LogP contribution in [0, 0.1) is 0 Å². The van der Waals surface area contributed by atoms with Gasteiger partial charge in [-0.2, -0.15) is 0 Å². The van der Waals surface area contributed by atoms with Gasteiger partial charge in [0, 0.05) is 15.4 Å². The normalized spacial score (nSPS) is 10.3. The molecule has 0 saturated carbocycles. The van der Waals surface area contributed by atoms with Gasteiger partial charge in [0.1, 0.15) is 5.01 Å². The van der Waals surface area contributed by atoms with Crippen LogP contribution in [-0.2, 0) is 11.2 Å². The number of halogens is 1. The lowest BCUT2D eigenvalue weighted by Crippen LogP contribution is -2.00. The fourth-order valence-corrected chi connectivity index (χ4v) is 3.18. The van der Waals surface area contributed by atoms with Gasteiger partial charge < -0.3 is 14.6 Å².